The lowest BCUT2D eigenvalue weighted by molar-refractivity contribution is -0.162. The smallest absolute Gasteiger partial charge is 0.331 e. The zero-order valence-corrected chi connectivity index (χ0v) is 12.2. The van der Waals surface area contributed by atoms with Crippen LogP contribution in [0.5, 0.6) is 0 Å². The summed E-state index contributed by atoms with van der Waals surface area (Å²) in [4.78, 5) is 11.0. The van der Waals surface area contributed by atoms with Crippen LogP contribution in [0.15, 0.2) is 12.2 Å². The molecule has 1 fully saturated rings. The van der Waals surface area contributed by atoms with Crippen molar-refractivity contribution in [2.75, 3.05) is 19.8 Å². The van der Waals surface area contributed by atoms with Crippen molar-refractivity contribution in [1.29, 1.82) is 0 Å². The molecule has 0 saturated carbocycles. The first-order chi connectivity index (χ1) is 9.83. The van der Waals surface area contributed by atoms with E-state index in [1.165, 1.54) is 18.6 Å². The zero-order chi connectivity index (χ0) is 14.5. The topological polar surface area (TPSA) is 44.8 Å². The number of unbranched alkanes of at least 4 members (excludes halogenated alkanes) is 2. The molecule has 0 aliphatic carbocycles. The summed E-state index contributed by atoms with van der Waals surface area (Å²) in [6.45, 7) is 3.72. The highest BCUT2D eigenvalue weighted by Crippen LogP contribution is 2.13. The van der Waals surface area contributed by atoms with Crippen LogP contribution in [-0.4, -0.2) is 32.1 Å². The normalized spacial score (nSPS) is 18.6. The molecule has 1 aliphatic heterocycles. The van der Waals surface area contributed by atoms with Gasteiger partial charge in [0, 0.05) is 25.7 Å². The third kappa shape index (κ3) is 8.73. The van der Waals surface area contributed by atoms with E-state index in [9.17, 15) is 4.79 Å². The zero-order valence-electron chi connectivity index (χ0n) is 12.2. The van der Waals surface area contributed by atoms with Crippen molar-refractivity contribution in [3.8, 4) is 11.8 Å². The molecule has 0 bridgehead atoms. The summed E-state index contributed by atoms with van der Waals surface area (Å²) < 4.78 is 15.8. The van der Waals surface area contributed by atoms with Crippen molar-refractivity contribution in [2.24, 2.45) is 0 Å². The van der Waals surface area contributed by atoms with Crippen molar-refractivity contribution < 1.29 is 19.0 Å². The Hall–Kier alpha value is -1.31. The van der Waals surface area contributed by atoms with E-state index in [-0.39, 0.29) is 12.3 Å². The fraction of sp³-hybridized carbons (Fsp3) is 0.688. The van der Waals surface area contributed by atoms with E-state index in [0.29, 0.717) is 6.61 Å². The quantitative estimate of drug-likeness (QED) is 0.311. The minimum absolute atomic E-state index is 0.00217. The van der Waals surface area contributed by atoms with E-state index in [1.807, 2.05) is 0 Å². The van der Waals surface area contributed by atoms with E-state index >= 15 is 0 Å². The Morgan fingerprint density at radius 2 is 2.30 bits per heavy atom. The van der Waals surface area contributed by atoms with E-state index in [2.05, 4.69) is 11.8 Å². The number of rotatable bonds is 7. The number of allylic oxidation sites excluding steroid dienone is 1. The largest absolute Gasteiger partial charge is 0.463 e. The number of hydrogen-bond acceptors (Lipinski definition) is 4. The first kappa shape index (κ1) is 16.7. The maximum Gasteiger partial charge on any atom is 0.331 e. The van der Waals surface area contributed by atoms with E-state index in [4.69, 9.17) is 14.2 Å². The first-order valence-corrected chi connectivity index (χ1v) is 7.38. The molecule has 1 atom stereocenters. The molecule has 4 heteroatoms. The number of ether oxygens (including phenoxy) is 3. The van der Waals surface area contributed by atoms with Gasteiger partial charge in [-0.2, -0.15) is 0 Å². The van der Waals surface area contributed by atoms with Gasteiger partial charge in [-0.3, -0.25) is 0 Å². The number of carbonyl (C=O) groups excluding carboxylic acids is 1. The molecule has 1 aliphatic rings. The molecule has 1 saturated heterocycles. The Bertz CT molecular complexity index is 345. The Morgan fingerprint density at radius 3 is 3.05 bits per heavy atom. The van der Waals surface area contributed by atoms with Gasteiger partial charge in [-0.05, 0) is 45.1 Å². The third-order valence-electron chi connectivity index (χ3n) is 2.83. The predicted molar refractivity (Wildman–Crippen MR) is 76.9 cm³/mol. The lowest BCUT2D eigenvalue weighted by atomic mass is 10.2. The molecule has 0 amide bonds. The van der Waals surface area contributed by atoms with Gasteiger partial charge < -0.3 is 14.2 Å². The van der Waals surface area contributed by atoms with Crippen molar-refractivity contribution in [3.05, 3.63) is 12.2 Å². The van der Waals surface area contributed by atoms with Gasteiger partial charge in [-0.1, -0.05) is 11.8 Å². The van der Waals surface area contributed by atoms with Crippen LogP contribution in [0, 0.1) is 11.8 Å². The highest BCUT2D eigenvalue weighted by molar-refractivity contribution is 5.82. The second-order valence-electron chi connectivity index (χ2n) is 4.53. The van der Waals surface area contributed by atoms with Gasteiger partial charge in [-0.15, -0.1) is 0 Å². The highest BCUT2D eigenvalue weighted by atomic mass is 16.7. The second-order valence-corrected chi connectivity index (χ2v) is 4.53. The third-order valence-corrected chi connectivity index (χ3v) is 2.83. The molecule has 1 rings (SSSR count). The number of hydrogen-bond donors (Lipinski definition) is 0. The summed E-state index contributed by atoms with van der Waals surface area (Å²) in [6.07, 6.45) is 9.02. The van der Waals surface area contributed by atoms with Crippen LogP contribution in [0.1, 0.15) is 45.4 Å². The molecular formula is C16H24O4. The van der Waals surface area contributed by atoms with Gasteiger partial charge in [0.05, 0.1) is 6.61 Å². The molecule has 20 heavy (non-hydrogen) atoms. The average molecular weight is 280 g/mol. The monoisotopic (exact) mass is 280 g/mol. The van der Waals surface area contributed by atoms with Crippen molar-refractivity contribution >= 4 is 5.97 Å². The maximum atomic E-state index is 11.0. The van der Waals surface area contributed by atoms with E-state index in [1.54, 1.807) is 6.92 Å². The summed E-state index contributed by atoms with van der Waals surface area (Å²) in [6, 6.07) is 0. The molecule has 0 radical (unpaired) electrons. The molecule has 0 spiro atoms. The van der Waals surface area contributed by atoms with Crippen LogP contribution in [0.3, 0.4) is 0 Å². The second kappa shape index (κ2) is 11.5. The Kier molecular flexibility index (Phi) is 9.64. The molecule has 0 aromatic carbocycles. The van der Waals surface area contributed by atoms with Crippen molar-refractivity contribution in [2.45, 2.75) is 51.7 Å². The Morgan fingerprint density at radius 1 is 1.40 bits per heavy atom. The van der Waals surface area contributed by atoms with Gasteiger partial charge in [0.1, 0.15) is 0 Å². The Balaban J connectivity index is 1.95. The number of carbonyl (C=O) groups is 1. The van der Waals surface area contributed by atoms with Gasteiger partial charge in [0.15, 0.2) is 6.29 Å². The summed E-state index contributed by atoms with van der Waals surface area (Å²) in [5, 5.41) is 0. The lowest BCUT2D eigenvalue weighted by Crippen LogP contribution is -2.22. The molecule has 1 unspecified atom stereocenters. The standard InChI is InChI=1S/C16H24O4/c1-2-18-15(17)11-7-5-3-4-6-9-13-19-16-12-8-10-14-20-16/h7,11,16H,2,4,6,8-10,12-14H2,1H3/b11-7+. The molecule has 112 valence electrons. The molecule has 0 aromatic rings. The Labute approximate surface area is 121 Å². The SMILES string of the molecule is CCOC(=O)/C=C/C#CCCCCOC1CCCCO1. The minimum atomic E-state index is -0.345. The van der Waals surface area contributed by atoms with Crippen LogP contribution >= 0.6 is 0 Å². The maximum absolute atomic E-state index is 11.0. The summed E-state index contributed by atoms with van der Waals surface area (Å²) in [7, 11) is 0. The molecule has 0 N–H and O–H groups in total. The molecule has 1 heterocycles. The van der Waals surface area contributed by atoms with Crippen molar-refractivity contribution in [1.82, 2.24) is 0 Å². The first-order valence-electron chi connectivity index (χ1n) is 7.38. The predicted octanol–water partition coefficient (Wildman–Crippen LogP) is 2.82. The van der Waals surface area contributed by atoms with Gasteiger partial charge in [0.25, 0.3) is 0 Å². The van der Waals surface area contributed by atoms with Crippen LogP contribution in [0.4, 0.5) is 0 Å². The highest BCUT2D eigenvalue weighted by Gasteiger charge is 2.12. The molecular weight excluding hydrogens is 256 g/mol. The fourth-order valence-electron chi connectivity index (χ4n) is 1.80. The molecule has 4 nitrogen and oxygen atoms in total. The lowest BCUT2D eigenvalue weighted by Gasteiger charge is -2.22. The summed E-state index contributed by atoms with van der Waals surface area (Å²) >= 11 is 0. The summed E-state index contributed by atoms with van der Waals surface area (Å²) in [5.74, 6) is 5.46. The van der Waals surface area contributed by atoms with E-state index < -0.39 is 0 Å². The van der Waals surface area contributed by atoms with Gasteiger partial charge >= 0.3 is 5.97 Å². The van der Waals surface area contributed by atoms with Crippen LogP contribution in [0.25, 0.3) is 0 Å². The number of esters is 1. The minimum Gasteiger partial charge on any atom is -0.463 e. The van der Waals surface area contributed by atoms with Gasteiger partial charge in [-0.25, -0.2) is 4.79 Å². The van der Waals surface area contributed by atoms with Gasteiger partial charge in [0.2, 0.25) is 0 Å². The van der Waals surface area contributed by atoms with Crippen LogP contribution in [0.2, 0.25) is 0 Å². The molecule has 0 aromatic heterocycles. The fourth-order valence-corrected chi connectivity index (χ4v) is 1.80. The van der Waals surface area contributed by atoms with Crippen LogP contribution in [-0.2, 0) is 19.0 Å². The average Bonchev–Trinajstić information content (AvgIpc) is 2.47. The van der Waals surface area contributed by atoms with Crippen molar-refractivity contribution in [3.63, 3.8) is 0 Å². The van der Waals surface area contributed by atoms with E-state index in [0.717, 1.165) is 45.3 Å². The van der Waals surface area contributed by atoms with Crippen LogP contribution < -0.4 is 0 Å². The summed E-state index contributed by atoms with van der Waals surface area (Å²) in [5.41, 5.74) is 0.